The van der Waals surface area contributed by atoms with Gasteiger partial charge < -0.3 is 10.2 Å². The molecule has 1 saturated heterocycles. The molecular weight excluding hydrogens is 236 g/mol. The Labute approximate surface area is 117 Å². The third kappa shape index (κ3) is 2.87. The predicted octanol–water partition coefficient (Wildman–Crippen LogP) is 3.57. The number of hydrogen-bond acceptors (Lipinski definition) is 3. The average molecular weight is 264 g/mol. The highest BCUT2D eigenvalue weighted by atomic mass is 16.3. The lowest BCUT2D eigenvalue weighted by atomic mass is 9.82. The van der Waals surface area contributed by atoms with Crippen molar-refractivity contribution >= 4 is 0 Å². The minimum Gasteiger partial charge on any atom is -0.468 e. The summed E-state index contributed by atoms with van der Waals surface area (Å²) in [7, 11) is 0. The van der Waals surface area contributed by atoms with E-state index in [9.17, 15) is 0 Å². The molecule has 19 heavy (non-hydrogen) atoms. The van der Waals surface area contributed by atoms with Gasteiger partial charge in [0.25, 0.3) is 0 Å². The molecule has 1 aromatic heterocycles. The van der Waals surface area contributed by atoms with Crippen LogP contribution < -0.4 is 5.73 Å². The second-order valence-corrected chi connectivity index (χ2v) is 5.96. The van der Waals surface area contributed by atoms with Crippen LogP contribution in [0.4, 0.5) is 0 Å². The largest absolute Gasteiger partial charge is 0.468 e. The number of nitrogens with two attached hydrogens (primary N) is 1. The van der Waals surface area contributed by atoms with Crippen LogP contribution in [-0.4, -0.2) is 24.0 Å². The maximum absolute atomic E-state index is 6.36. The maximum atomic E-state index is 6.36. The maximum Gasteiger partial charge on any atom is 0.122 e. The highest BCUT2D eigenvalue weighted by molar-refractivity contribution is 5.09. The van der Waals surface area contributed by atoms with Crippen molar-refractivity contribution in [1.82, 2.24) is 4.90 Å². The summed E-state index contributed by atoms with van der Waals surface area (Å²) in [5.74, 6) is 1.03. The van der Waals surface area contributed by atoms with E-state index in [0.29, 0.717) is 5.41 Å². The van der Waals surface area contributed by atoms with Crippen molar-refractivity contribution in [3.8, 4) is 0 Å². The first kappa shape index (κ1) is 14.6. The minimum absolute atomic E-state index is 0.149. The summed E-state index contributed by atoms with van der Waals surface area (Å²) < 4.78 is 5.64. The lowest BCUT2D eigenvalue weighted by Gasteiger charge is -2.33. The summed E-state index contributed by atoms with van der Waals surface area (Å²) in [6.45, 7) is 9.08. The van der Waals surface area contributed by atoms with E-state index in [0.717, 1.165) is 25.3 Å². The second-order valence-electron chi connectivity index (χ2n) is 5.96. The smallest absolute Gasteiger partial charge is 0.122 e. The molecule has 2 rings (SSSR count). The van der Waals surface area contributed by atoms with Gasteiger partial charge in [0.1, 0.15) is 5.76 Å². The van der Waals surface area contributed by atoms with Gasteiger partial charge in [0.05, 0.1) is 12.3 Å². The molecule has 3 nitrogen and oxygen atoms in total. The highest BCUT2D eigenvalue weighted by Crippen LogP contribution is 2.41. The summed E-state index contributed by atoms with van der Waals surface area (Å²) in [5.41, 5.74) is 6.84. The molecule has 1 aliphatic rings. The zero-order valence-corrected chi connectivity index (χ0v) is 12.6. The Hall–Kier alpha value is -0.800. The van der Waals surface area contributed by atoms with Gasteiger partial charge in [-0.3, -0.25) is 4.90 Å². The Morgan fingerprint density at radius 1 is 1.37 bits per heavy atom. The molecule has 2 unspecified atom stereocenters. The lowest BCUT2D eigenvalue weighted by molar-refractivity contribution is 0.153. The molecular formula is C16H28N2O. The van der Waals surface area contributed by atoms with Gasteiger partial charge in [-0.25, -0.2) is 0 Å². The molecule has 0 saturated carbocycles. The Morgan fingerprint density at radius 3 is 2.58 bits per heavy atom. The van der Waals surface area contributed by atoms with E-state index in [1.165, 1.54) is 19.3 Å². The number of furan rings is 1. The SMILES string of the molecule is CCC(N)C(c1ccco1)N1CCC(CC)(CC)C1. The molecule has 1 aliphatic heterocycles. The van der Waals surface area contributed by atoms with Crippen LogP contribution >= 0.6 is 0 Å². The van der Waals surface area contributed by atoms with E-state index in [4.69, 9.17) is 10.2 Å². The summed E-state index contributed by atoms with van der Waals surface area (Å²) in [5, 5.41) is 0. The number of likely N-dealkylation sites (tertiary alicyclic amines) is 1. The van der Waals surface area contributed by atoms with Gasteiger partial charge in [-0.2, -0.15) is 0 Å². The summed E-state index contributed by atoms with van der Waals surface area (Å²) >= 11 is 0. The van der Waals surface area contributed by atoms with Crippen molar-refractivity contribution in [3.05, 3.63) is 24.2 Å². The topological polar surface area (TPSA) is 42.4 Å². The minimum atomic E-state index is 0.149. The normalized spacial score (nSPS) is 22.5. The quantitative estimate of drug-likeness (QED) is 0.854. The zero-order valence-electron chi connectivity index (χ0n) is 12.6. The highest BCUT2D eigenvalue weighted by Gasteiger charge is 2.40. The van der Waals surface area contributed by atoms with Gasteiger partial charge in [-0.15, -0.1) is 0 Å². The average Bonchev–Trinajstić information content (AvgIpc) is 3.09. The first-order chi connectivity index (χ1) is 9.15. The number of rotatable bonds is 6. The predicted molar refractivity (Wildman–Crippen MR) is 78.9 cm³/mol. The number of hydrogen-bond donors (Lipinski definition) is 1. The van der Waals surface area contributed by atoms with Crippen LogP contribution in [0.25, 0.3) is 0 Å². The molecule has 108 valence electrons. The first-order valence-corrected chi connectivity index (χ1v) is 7.68. The van der Waals surface area contributed by atoms with E-state index in [-0.39, 0.29) is 12.1 Å². The zero-order chi connectivity index (χ0) is 13.9. The lowest BCUT2D eigenvalue weighted by Crippen LogP contribution is -2.40. The van der Waals surface area contributed by atoms with E-state index in [1.54, 1.807) is 6.26 Å². The molecule has 2 atom stereocenters. The Balaban J connectivity index is 2.17. The summed E-state index contributed by atoms with van der Waals surface area (Å²) in [4.78, 5) is 2.54. The molecule has 1 aromatic rings. The van der Waals surface area contributed by atoms with Gasteiger partial charge in [0, 0.05) is 12.6 Å². The van der Waals surface area contributed by atoms with Crippen molar-refractivity contribution < 1.29 is 4.42 Å². The van der Waals surface area contributed by atoms with Crippen molar-refractivity contribution in [3.63, 3.8) is 0 Å². The van der Waals surface area contributed by atoms with Crippen LogP contribution in [0.2, 0.25) is 0 Å². The fourth-order valence-corrected chi connectivity index (χ4v) is 3.38. The van der Waals surface area contributed by atoms with E-state index in [2.05, 4.69) is 31.7 Å². The molecule has 1 fully saturated rings. The molecule has 0 amide bonds. The summed E-state index contributed by atoms with van der Waals surface area (Å²) in [6.07, 6.45) is 6.53. The fraction of sp³-hybridized carbons (Fsp3) is 0.750. The van der Waals surface area contributed by atoms with Gasteiger partial charge in [-0.1, -0.05) is 20.8 Å². The van der Waals surface area contributed by atoms with E-state index in [1.807, 2.05) is 6.07 Å². The van der Waals surface area contributed by atoms with Gasteiger partial charge in [0.15, 0.2) is 0 Å². The molecule has 3 heteroatoms. The molecule has 0 aliphatic carbocycles. The van der Waals surface area contributed by atoms with Crippen LogP contribution in [0.3, 0.4) is 0 Å². The van der Waals surface area contributed by atoms with Crippen LogP contribution in [0.15, 0.2) is 22.8 Å². The monoisotopic (exact) mass is 264 g/mol. The molecule has 0 radical (unpaired) electrons. The molecule has 2 N–H and O–H groups in total. The Morgan fingerprint density at radius 2 is 2.11 bits per heavy atom. The summed E-state index contributed by atoms with van der Waals surface area (Å²) in [6, 6.07) is 4.42. The molecule has 0 aromatic carbocycles. The van der Waals surface area contributed by atoms with Crippen LogP contribution in [0, 0.1) is 5.41 Å². The molecule has 2 heterocycles. The van der Waals surface area contributed by atoms with Crippen molar-refractivity contribution in [2.75, 3.05) is 13.1 Å². The van der Waals surface area contributed by atoms with Crippen LogP contribution in [0.5, 0.6) is 0 Å². The Bertz CT molecular complexity index is 370. The van der Waals surface area contributed by atoms with E-state index < -0.39 is 0 Å². The van der Waals surface area contributed by atoms with Gasteiger partial charge in [0.2, 0.25) is 0 Å². The van der Waals surface area contributed by atoms with Crippen molar-refractivity contribution in [2.24, 2.45) is 11.1 Å². The fourth-order valence-electron chi connectivity index (χ4n) is 3.38. The van der Waals surface area contributed by atoms with Crippen LogP contribution in [0.1, 0.15) is 58.3 Å². The second kappa shape index (κ2) is 6.10. The standard InChI is InChI=1S/C16H28N2O/c1-4-13(17)15(14-8-7-11-19-14)18-10-9-16(5-2,6-3)12-18/h7-8,11,13,15H,4-6,9-10,12,17H2,1-3H3. The Kier molecular flexibility index (Phi) is 4.69. The van der Waals surface area contributed by atoms with Crippen LogP contribution in [-0.2, 0) is 0 Å². The van der Waals surface area contributed by atoms with E-state index >= 15 is 0 Å². The van der Waals surface area contributed by atoms with Gasteiger partial charge >= 0.3 is 0 Å². The third-order valence-corrected chi connectivity index (χ3v) is 5.07. The molecule has 0 spiro atoms. The first-order valence-electron chi connectivity index (χ1n) is 7.68. The van der Waals surface area contributed by atoms with Crippen molar-refractivity contribution in [1.29, 1.82) is 0 Å². The molecule has 0 bridgehead atoms. The van der Waals surface area contributed by atoms with Gasteiger partial charge in [-0.05, 0) is 49.8 Å². The number of nitrogens with zero attached hydrogens (tertiary/aromatic N) is 1. The van der Waals surface area contributed by atoms with Crippen molar-refractivity contribution in [2.45, 2.75) is 58.5 Å². The third-order valence-electron chi connectivity index (χ3n) is 5.07.